The van der Waals surface area contributed by atoms with Crippen LogP contribution in [-0.4, -0.2) is 56.6 Å². The molecule has 1 aliphatic heterocycles. The highest BCUT2D eigenvalue weighted by atomic mass is 15.1. The second-order valence-corrected chi connectivity index (χ2v) is 5.22. The van der Waals surface area contributed by atoms with Gasteiger partial charge >= 0.3 is 0 Å². The number of rotatable bonds is 5. The summed E-state index contributed by atoms with van der Waals surface area (Å²) in [6, 6.07) is 0. The van der Waals surface area contributed by atoms with Crippen LogP contribution in [0.3, 0.4) is 0 Å². The second-order valence-electron chi connectivity index (χ2n) is 5.22. The van der Waals surface area contributed by atoms with Gasteiger partial charge in [-0.2, -0.15) is 0 Å². The average Bonchev–Trinajstić information content (AvgIpc) is 2.20. The lowest BCUT2D eigenvalue weighted by Crippen LogP contribution is -2.43. The molecule has 90 valence electrons. The number of nitrogens with two attached hydrogens (primary N) is 1. The zero-order chi connectivity index (χ0) is 11.3. The van der Waals surface area contributed by atoms with E-state index in [1.54, 1.807) is 0 Å². The van der Waals surface area contributed by atoms with Gasteiger partial charge in [0.25, 0.3) is 0 Å². The van der Waals surface area contributed by atoms with Crippen LogP contribution in [0.2, 0.25) is 0 Å². The molecular weight excluding hydrogens is 186 g/mol. The maximum atomic E-state index is 5.80. The average molecular weight is 213 g/mol. The Hall–Kier alpha value is -0.120. The van der Waals surface area contributed by atoms with Crippen LogP contribution in [-0.2, 0) is 0 Å². The number of hydrogen-bond donors (Lipinski definition) is 1. The molecule has 1 rings (SSSR count). The molecule has 1 heterocycles. The minimum Gasteiger partial charge on any atom is -0.330 e. The molecule has 1 aliphatic rings. The Kier molecular flexibility index (Phi) is 5.58. The van der Waals surface area contributed by atoms with Crippen molar-refractivity contribution in [3.8, 4) is 0 Å². The smallest absolute Gasteiger partial charge is 0.00243 e. The fourth-order valence-corrected chi connectivity index (χ4v) is 2.35. The van der Waals surface area contributed by atoms with Crippen molar-refractivity contribution in [2.24, 2.45) is 17.6 Å². The molecule has 3 nitrogen and oxygen atoms in total. The van der Waals surface area contributed by atoms with Crippen molar-refractivity contribution >= 4 is 0 Å². The molecule has 2 atom stereocenters. The highest BCUT2D eigenvalue weighted by molar-refractivity contribution is 4.78. The molecule has 0 amide bonds. The summed E-state index contributed by atoms with van der Waals surface area (Å²) in [5.74, 6) is 1.54. The second kappa shape index (κ2) is 6.46. The molecule has 0 bridgehead atoms. The van der Waals surface area contributed by atoms with E-state index in [1.807, 2.05) is 0 Å². The minimum absolute atomic E-state index is 0.720. The van der Waals surface area contributed by atoms with Gasteiger partial charge in [-0.1, -0.05) is 6.92 Å². The van der Waals surface area contributed by atoms with Crippen molar-refractivity contribution in [1.82, 2.24) is 9.80 Å². The van der Waals surface area contributed by atoms with Gasteiger partial charge in [-0.05, 0) is 65.0 Å². The van der Waals surface area contributed by atoms with Crippen LogP contribution in [0, 0.1) is 11.8 Å². The Morgan fingerprint density at radius 1 is 1.40 bits per heavy atom. The van der Waals surface area contributed by atoms with Gasteiger partial charge in [0.1, 0.15) is 0 Å². The normalized spacial score (nSPS) is 28.6. The van der Waals surface area contributed by atoms with Crippen molar-refractivity contribution in [1.29, 1.82) is 0 Å². The summed E-state index contributed by atoms with van der Waals surface area (Å²) in [5.41, 5.74) is 5.80. The van der Waals surface area contributed by atoms with E-state index in [0.717, 1.165) is 18.4 Å². The first-order chi connectivity index (χ1) is 7.13. The summed E-state index contributed by atoms with van der Waals surface area (Å²) in [7, 11) is 4.28. The van der Waals surface area contributed by atoms with E-state index in [4.69, 9.17) is 5.73 Å². The van der Waals surface area contributed by atoms with Crippen molar-refractivity contribution in [3.63, 3.8) is 0 Å². The van der Waals surface area contributed by atoms with Crippen LogP contribution in [0.15, 0.2) is 0 Å². The predicted molar refractivity (Wildman–Crippen MR) is 65.9 cm³/mol. The minimum atomic E-state index is 0.720. The lowest BCUT2D eigenvalue weighted by atomic mass is 9.87. The first kappa shape index (κ1) is 12.9. The molecule has 0 spiro atoms. The summed E-state index contributed by atoms with van der Waals surface area (Å²) in [6.45, 7) is 8.11. The van der Waals surface area contributed by atoms with E-state index < -0.39 is 0 Å². The zero-order valence-electron chi connectivity index (χ0n) is 10.6. The molecule has 0 saturated carbocycles. The highest BCUT2D eigenvalue weighted by Gasteiger charge is 2.24. The highest BCUT2D eigenvalue weighted by Crippen LogP contribution is 2.22. The summed E-state index contributed by atoms with van der Waals surface area (Å²) in [4.78, 5) is 4.84. The van der Waals surface area contributed by atoms with Crippen LogP contribution < -0.4 is 5.73 Å². The van der Waals surface area contributed by atoms with E-state index in [2.05, 4.69) is 30.8 Å². The Bertz CT molecular complexity index is 170. The summed E-state index contributed by atoms with van der Waals surface area (Å²) in [5, 5.41) is 0. The van der Waals surface area contributed by atoms with Gasteiger partial charge in [0.15, 0.2) is 0 Å². The molecule has 0 aliphatic carbocycles. The van der Waals surface area contributed by atoms with Crippen molar-refractivity contribution < 1.29 is 0 Å². The molecule has 1 fully saturated rings. The molecule has 0 aromatic rings. The zero-order valence-corrected chi connectivity index (χ0v) is 10.6. The van der Waals surface area contributed by atoms with Crippen molar-refractivity contribution in [2.45, 2.75) is 19.8 Å². The monoisotopic (exact) mass is 213 g/mol. The molecule has 0 radical (unpaired) electrons. The Morgan fingerprint density at radius 2 is 2.13 bits per heavy atom. The third-order valence-electron chi connectivity index (χ3n) is 3.58. The van der Waals surface area contributed by atoms with Gasteiger partial charge < -0.3 is 15.5 Å². The van der Waals surface area contributed by atoms with E-state index in [-0.39, 0.29) is 0 Å². The molecule has 0 aromatic carbocycles. The molecule has 3 heteroatoms. The maximum Gasteiger partial charge on any atom is 0.00243 e. The lowest BCUT2D eigenvalue weighted by Gasteiger charge is -2.36. The van der Waals surface area contributed by atoms with Gasteiger partial charge in [0.2, 0.25) is 0 Å². The SMILES string of the molecule is CC1CCN(CCCN(C)C)CC1CN. The van der Waals surface area contributed by atoms with Crippen LogP contribution in [0.1, 0.15) is 19.8 Å². The number of piperidine rings is 1. The fraction of sp³-hybridized carbons (Fsp3) is 1.00. The molecule has 15 heavy (non-hydrogen) atoms. The molecule has 1 saturated heterocycles. The quantitative estimate of drug-likeness (QED) is 0.735. The topological polar surface area (TPSA) is 32.5 Å². The van der Waals surface area contributed by atoms with Crippen LogP contribution in [0.4, 0.5) is 0 Å². The summed E-state index contributed by atoms with van der Waals surface area (Å²) in [6.07, 6.45) is 2.60. The van der Waals surface area contributed by atoms with Crippen molar-refractivity contribution in [3.05, 3.63) is 0 Å². The predicted octanol–water partition coefficient (Wildman–Crippen LogP) is 0.855. The third-order valence-corrected chi connectivity index (χ3v) is 3.58. The molecule has 2 unspecified atom stereocenters. The van der Waals surface area contributed by atoms with Gasteiger partial charge in [0, 0.05) is 6.54 Å². The number of likely N-dealkylation sites (tertiary alicyclic amines) is 1. The Balaban J connectivity index is 2.20. The maximum absolute atomic E-state index is 5.80. The van der Waals surface area contributed by atoms with E-state index in [0.29, 0.717) is 0 Å². The van der Waals surface area contributed by atoms with Gasteiger partial charge in [0.05, 0.1) is 0 Å². The van der Waals surface area contributed by atoms with Crippen LogP contribution in [0.25, 0.3) is 0 Å². The third kappa shape index (κ3) is 4.49. The first-order valence-corrected chi connectivity index (χ1v) is 6.20. The van der Waals surface area contributed by atoms with Crippen LogP contribution >= 0.6 is 0 Å². The first-order valence-electron chi connectivity index (χ1n) is 6.20. The molecule has 2 N–H and O–H groups in total. The fourth-order valence-electron chi connectivity index (χ4n) is 2.35. The Labute approximate surface area is 94.6 Å². The standard InChI is InChI=1S/C12H27N3/c1-11-5-8-15(10-12(11)9-13)7-4-6-14(2)3/h11-12H,4-10,13H2,1-3H3. The molecular formula is C12H27N3. The van der Waals surface area contributed by atoms with Crippen LogP contribution in [0.5, 0.6) is 0 Å². The van der Waals surface area contributed by atoms with Gasteiger partial charge in [-0.3, -0.25) is 0 Å². The number of nitrogens with zero attached hydrogens (tertiary/aromatic N) is 2. The summed E-state index contributed by atoms with van der Waals surface area (Å²) < 4.78 is 0. The van der Waals surface area contributed by atoms with E-state index >= 15 is 0 Å². The number of hydrogen-bond acceptors (Lipinski definition) is 3. The van der Waals surface area contributed by atoms with E-state index in [1.165, 1.54) is 39.0 Å². The molecule has 0 aromatic heterocycles. The van der Waals surface area contributed by atoms with Gasteiger partial charge in [-0.25, -0.2) is 0 Å². The van der Waals surface area contributed by atoms with Gasteiger partial charge in [-0.15, -0.1) is 0 Å². The van der Waals surface area contributed by atoms with Crippen molar-refractivity contribution in [2.75, 3.05) is 46.8 Å². The largest absolute Gasteiger partial charge is 0.330 e. The summed E-state index contributed by atoms with van der Waals surface area (Å²) >= 11 is 0. The Morgan fingerprint density at radius 3 is 2.73 bits per heavy atom. The lowest BCUT2D eigenvalue weighted by molar-refractivity contribution is 0.128. The van der Waals surface area contributed by atoms with E-state index in [9.17, 15) is 0 Å².